The lowest BCUT2D eigenvalue weighted by Gasteiger charge is -2.11. The molecule has 0 radical (unpaired) electrons. The number of hydrogen-bond acceptors (Lipinski definition) is 4. The predicted molar refractivity (Wildman–Crippen MR) is 142 cm³/mol. The molecule has 4 aromatic rings. The second kappa shape index (κ2) is 10.4. The third-order valence-electron chi connectivity index (χ3n) is 5.49. The lowest BCUT2D eigenvalue weighted by Crippen LogP contribution is -2.00. The maximum atomic E-state index is 11.8. The first-order valence-electron chi connectivity index (χ1n) is 10.8. The summed E-state index contributed by atoms with van der Waals surface area (Å²) in [6, 6.07) is 27.4. The molecule has 0 aliphatic heterocycles. The Hall–Kier alpha value is -3.82. The Morgan fingerprint density at radius 2 is 0.917 bits per heavy atom. The molecule has 36 heavy (non-hydrogen) atoms. The molecule has 0 fully saturated rings. The van der Waals surface area contributed by atoms with Crippen LogP contribution in [0.2, 0.25) is 0 Å². The number of benzene rings is 4. The largest absolute Gasteiger partial charge is 0.295 e. The van der Waals surface area contributed by atoms with Gasteiger partial charge in [0.1, 0.15) is 9.79 Å². The van der Waals surface area contributed by atoms with Gasteiger partial charge in [-0.05, 0) is 45.5 Å². The molecule has 0 bridgehead atoms. The van der Waals surface area contributed by atoms with E-state index in [0.717, 1.165) is 22.3 Å². The zero-order valence-corrected chi connectivity index (χ0v) is 20.5. The van der Waals surface area contributed by atoms with E-state index in [0.29, 0.717) is 11.1 Å². The lowest BCUT2D eigenvalue weighted by molar-refractivity contribution is 0.480. The summed E-state index contributed by atoms with van der Waals surface area (Å²) in [5.41, 5.74) is 3.89. The van der Waals surface area contributed by atoms with Gasteiger partial charge in [0, 0.05) is 0 Å². The second-order valence-electron chi connectivity index (χ2n) is 7.87. The average Bonchev–Trinajstić information content (AvgIpc) is 2.86. The molecule has 0 heterocycles. The maximum absolute atomic E-state index is 11.8. The first kappa shape index (κ1) is 25.3. The van der Waals surface area contributed by atoms with Gasteiger partial charge in [-0.2, -0.15) is 16.8 Å². The highest BCUT2D eigenvalue weighted by molar-refractivity contribution is 7.86. The highest BCUT2D eigenvalue weighted by Crippen LogP contribution is 2.30. The molecule has 0 atom stereocenters. The predicted octanol–water partition coefficient (Wildman–Crippen LogP) is 6.19. The molecule has 0 unspecified atom stereocenters. The molecule has 182 valence electrons. The van der Waals surface area contributed by atoms with Gasteiger partial charge >= 0.3 is 0 Å². The minimum Gasteiger partial charge on any atom is -0.282 e. The van der Waals surface area contributed by atoms with Gasteiger partial charge in [-0.15, -0.1) is 0 Å². The van der Waals surface area contributed by atoms with Gasteiger partial charge in [0.2, 0.25) is 0 Å². The summed E-state index contributed by atoms with van der Waals surface area (Å²) in [7, 11) is -8.83. The molecule has 0 saturated heterocycles. The van der Waals surface area contributed by atoms with Crippen LogP contribution in [0.3, 0.4) is 0 Å². The summed E-state index contributed by atoms with van der Waals surface area (Å²) in [6.07, 6.45) is 6.68. The van der Waals surface area contributed by atoms with E-state index in [1.54, 1.807) is 48.6 Å². The summed E-state index contributed by atoms with van der Waals surface area (Å²) in [5, 5.41) is 0. The van der Waals surface area contributed by atoms with Crippen molar-refractivity contribution in [2.75, 3.05) is 0 Å². The Kier molecular flexibility index (Phi) is 7.32. The molecule has 0 aliphatic carbocycles. The van der Waals surface area contributed by atoms with Crippen LogP contribution in [-0.4, -0.2) is 25.9 Å². The first-order valence-corrected chi connectivity index (χ1v) is 13.7. The summed E-state index contributed by atoms with van der Waals surface area (Å²) >= 11 is 0. The van der Waals surface area contributed by atoms with Crippen molar-refractivity contribution in [3.05, 3.63) is 119 Å². The van der Waals surface area contributed by atoms with E-state index in [4.69, 9.17) is 0 Å². The van der Waals surface area contributed by atoms with Gasteiger partial charge in [0.05, 0.1) is 0 Å². The lowest BCUT2D eigenvalue weighted by atomic mass is 9.94. The first-order chi connectivity index (χ1) is 17.1. The summed E-state index contributed by atoms with van der Waals surface area (Å²) < 4.78 is 66.4. The molecular weight excluding hydrogens is 496 g/mol. The van der Waals surface area contributed by atoms with E-state index < -0.39 is 20.2 Å². The quantitative estimate of drug-likeness (QED) is 0.223. The van der Waals surface area contributed by atoms with Crippen molar-refractivity contribution >= 4 is 44.5 Å². The maximum Gasteiger partial charge on any atom is 0.295 e. The van der Waals surface area contributed by atoms with Gasteiger partial charge in [-0.1, -0.05) is 109 Å². The molecule has 6 nitrogen and oxygen atoms in total. The van der Waals surface area contributed by atoms with E-state index in [2.05, 4.69) is 0 Å². The fourth-order valence-corrected chi connectivity index (χ4v) is 5.21. The van der Waals surface area contributed by atoms with E-state index in [1.165, 1.54) is 24.3 Å². The van der Waals surface area contributed by atoms with Crippen LogP contribution in [0.25, 0.3) is 35.4 Å². The van der Waals surface area contributed by atoms with E-state index >= 15 is 0 Å². The van der Waals surface area contributed by atoms with Crippen LogP contribution in [-0.2, 0) is 20.2 Å². The summed E-state index contributed by atoms with van der Waals surface area (Å²) in [4.78, 5) is -0.419. The molecule has 0 aromatic heterocycles. The fourth-order valence-electron chi connectivity index (χ4n) is 3.84. The van der Waals surface area contributed by atoms with E-state index in [9.17, 15) is 25.9 Å². The SMILES string of the molecule is O=S(=O)(O)c1ccccc1C=Cc1cccc(-c2ccccc2)c1C=Cc1ccccc1S(=O)(=O)O. The number of rotatable bonds is 7. The Morgan fingerprint density at radius 3 is 1.47 bits per heavy atom. The smallest absolute Gasteiger partial charge is 0.282 e. The van der Waals surface area contributed by atoms with Crippen LogP contribution < -0.4 is 0 Å². The van der Waals surface area contributed by atoms with Crippen molar-refractivity contribution in [3.8, 4) is 11.1 Å². The van der Waals surface area contributed by atoms with Gasteiger partial charge < -0.3 is 0 Å². The highest BCUT2D eigenvalue weighted by atomic mass is 32.2. The topological polar surface area (TPSA) is 109 Å². The third kappa shape index (κ3) is 5.87. The standard InChI is InChI=1S/C28H22O6S2/c29-35(30,31)27-15-6-4-11-23(27)18-17-22-13-8-14-25(21-9-2-1-3-10-21)26(22)20-19-24-12-5-7-16-28(24)36(32,33)34/h1-20H,(H,29,30,31)(H,32,33,34). The minimum atomic E-state index is -4.42. The summed E-state index contributed by atoms with van der Waals surface area (Å²) in [6.45, 7) is 0. The second-order valence-corrected chi connectivity index (χ2v) is 10.6. The Morgan fingerprint density at radius 1 is 0.472 bits per heavy atom. The molecule has 8 heteroatoms. The average molecular weight is 519 g/mol. The van der Waals surface area contributed by atoms with Crippen LogP contribution in [0.15, 0.2) is 107 Å². The Labute approximate surface area is 210 Å². The normalized spacial score (nSPS) is 12.4. The van der Waals surface area contributed by atoms with Gasteiger partial charge in [-0.25, -0.2) is 0 Å². The van der Waals surface area contributed by atoms with Crippen LogP contribution in [0.4, 0.5) is 0 Å². The van der Waals surface area contributed by atoms with Gasteiger partial charge in [0.25, 0.3) is 20.2 Å². The Bertz CT molecular complexity index is 1670. The molecule has 0 amide bonds. The zero-order valence-electron chi connectivity index (χ0n) is 18.9. The van der Waals surface area contributed by atoms with Gasteiger partial charge in [0.15, 0.2) is 0 Å². The summed E-state index contributed by atoms with van der Waals surface area (Å²) in [5.74, 6) is 0. The number of hydrogen-bond donors (Lipinski definition) is 2. The molecular formula is C28H22O6S2. The monoisotopic (exact) mass is 518 g/mol. The van der Waals surface area contributed by atoms with Crippen molar-refractivity contribution in [3.63, 3.8) is 0 Å². The molecule has 0 aliphatic rings. The molecule has 4 aromatic carbocycles. The van der Waals surface area contributed by atoms with Crippen molar-refractivity contribution in [2.24, 2.45) is 0 Å². The fraction of sp³-hybridized carbons (Fsp3) is 0. The molecule has 0 saturated carbocycles. The third-order valence-corrected chi connectivity index (χ3v) is 7.35. The minimum absolute atomic E-state index is 0.209. The van der Waals surface area contributed by atoms with Crippen LogP contribution in [0.5, 0.6) is 0 Å². The van der Waals surface area contributed by atoms with Crippen LogP contribution >= 0.6 is 0 Å². The molecule has 2 N–H and O–H groups in total. The highest BCUT2D eigenvalue weighted by Gasteiger charge is 2.15. The van der Waals surface area contributed by atoms with Crippen molar-refractivity contribution in [1.82, 2.24) is 0 Å². The zero-order chi connectivity index (χ0) is 25.8. The van der Waals surface area contributed by atoms with Crippen molar-refractivity contribution in [2.45, 2.75) is 9.79 Å². The van der Waals surface area contributed by atoms with Gasteiger partial charge in [-0.3, -0.25) is 9.11 Å². The Balaban J connectivity index is 1.87. The van der Waals surface area contributed by atoms with Crippen molar-refractivity contribution in [1.29, 1.82) is 0 Å². The molecule has 4 rings (SSSR count). The molecule has 0 spiro atoms. The van der Waals surface area contributed by atoms with Crippen LogP contribution in [0, 0.1) is 0 Å². The van der Waals surface area contributed by atoms with E-state index in [-0.39, 0.29) is 9.79 Å². The van der Waals surface area contributed by atoms with Crippen molar-refractivity contribution < 1.29 is 25.9 Å². The van der Waals surface area contributed by atoms with E-state index in [1.807, 2.05) is 48.5 Å². The van der Waals surface area contributed by atoms with Crippen LogP contribution in [0.1, 0.15) is 22.3 Å².